The molecule has 0 unspecified atom stereocenters. The van der Waals surface area contributed by atoms with Crippen LogP contribution in [0.15, 0.2) is 77.3 Å². The van der Waals surface area contributed by atoms with Gasteiger partial charge in [-0.3, -0.25) is 4.84 Å². The standard InChI is InChI=1S/C46H62N4O3/c1-3-5-7-9-11-13-15-17-37-51-44-31-23-40(24-32-44)20-19-39-21-25-42(26-22-39)46-47-45(48-53-46)41-27-29-43(30-28-41)49-33-35-50(36-34-49)52-38-18-16-14-12-10-8-6-4-2/h21-32H,3-18,33-38H2,1-2H3. The van der Waals surface area contributed by atoms with Gasteiger partial charge in [-0.2, -0.15) is 10.0 Å². The van der Waals surface area contributed by atoms with Gasteiger partial charge < -0.3 is 14.2 Å². The molecule has 1 aromatic heterocycles. The fraction of sp³-hybridized carbons (Fsp3) is 0.522. The van der Waals surface area contributed by atoms with Crippen LogP contribution in [0.2, 0.25) is 0 Å². The highest BCUT2D eigenvalue weighted by atomic mass is 16.7. The van der Waals surface area contributed by atoms with Gasteiger partial charge in [-0.25, -0.2) is 0 Å². The van der Waals surface area contributed by atoms with Gasteiger partial charge in [-0.05, 0) is 85.6 Å². The zero-order chi connectivity index (χ0) is 36.8. The fourth-order valence-corrected chi connectivity index (χ4v) is 6.69. The van der Waals surface area contributed by atoms with Crippen LogP contribution in [-0.4, -0.2) is 54.6 Å². The number of anilines is 1. The van der Waals surface area contributed by atoms with Crippen LogP contribution in [0.3, 0.4) is 0 Å². The first kappa shape index (κ1) is 40.1. The van der Waals surface area contributed by atoms with Gasteiger partial charge in [-0.1, -0.05) is 121 Å². The smallest absolute Gasteiger partial charge is 0.258 e. The molecule has 3 aromatic carbocycles. The van der Waals surface area contributed by atoms with Crippen LogP contribution in [0.1, 0.15) is 128 Å². The first-order valence-corrected chi connectivity index (χ1v) is 20.6. The lowest BCUT2D eigenvalue weighted by atomic mass is 10.1. The van der Waals surface area contributed by atoms with Crippen LogP contribution in [0.4, 0.5) is 5.69 Å². The lowest BCUT2D eigenvalue weighted by Gasteiger charge is -2.35. The largest absolute Gasteiger partial charge is 0.494 e. The van der Waals surface area contributed by atoms with Crippen molar-refractivity contribution in [1.29, 1.82) is 0 Å². The predicted molar refractivity (Wildman–Crippen MR) is 218 cm³/mol. The van der Waals surface area contributed by atoms with E-state index in [1.165, 1.54) is 95.6 Å². The summed E-state index contributed by atoms with van der Waals surface area (Å²) < 4.78 is 11.6. The second kappa shape index (κ2) is 23.5. The first-order chi connectivity index (χ1) is 26.2. The van der Waals surface area contributed by atoms with Gasteiger partial charge in [0.1, 0.15) is 5.75 Å². The summed E-state index contributed by atoms with van der Waals surface area (Å²) in [5.41, 5.74) is 4.89. The van der Waals surface area contributed by atoms with Gasteiger partial charge in [0.2, 0.25) is 5.82 Å². The molecule has 284 valence electrons. The molecule has 53 heavy (non-hydrogen) atoms. The topological polar surface area (TPSA) is 63.9 Å². The summed E-state index contributed by atoms with van der Waals surface area (Å²) in [6.45, 7) is 9.87. The van der Waals surface area contributed by atoms with Crippen molar-refractivity contribution in [1.82, 2.24) is 15.2 Å². The molecule has 7 nitrogen and oxygen atoms in total. The molecule has 0 bridgehead atoms. The molecule has 0 atom stereocenters. The molecule has 0 radical (unpaired) electrons. The second-order valence-electron chi connectivity index (χ2n) is 14.4. The fourth-order valence-electron chi connectivity index (χ4n) is 6.69. The Hall–Kier alpha value is -4.12. The van der Waals surface area contributed by atoms with Gasteiger partial charge in [0.15, 0.2) is 0 Å². The average molecular weight is 719 g/mol. The molecule has 0 amide bonds. The molecule has 1 aliphatic heterocycles. The quantitative estimate of drug-likeness (QED) is 0.0559. The number of hydrogen-bond donors (Lipinski definition) is 0. The SMILES string of the molecule is CCCCCCCCCCOc1ccc(C#Cc2ccc(-c3nc(-c4ccc(N5CCN(OCCCCCCCCCC)CC5)cc4)no3)cc2)cc1. The number of aromatic nitrogens is 2. The molecule has 4 aromatic rings. The minimum atomic E-state index is 0.495. The maximum absolute atomic E-state index is 6.06. The highest BCUT2D eigenvalue weighted by Gasteiger charge is 2.18. The lowest BCUT2D eigenvalue weighted by molar-refractivity contribution is -0.162. The molecule has 1 aliphatic rings. The van der Waals surface area contributed by atoms with Crippen molar-refractivity contribution in [2.45, 2.75) is 117 Å². The Morgan fingerprint density at radius 2 is 1.08 bits per heavy atom. The number of benzene rings is 3. The lowest BCUT2D eigenvalue weighted by Crippen LogP contribution is -2.46. The summed E-state index contributed by atoms with van der Waals surface area (Å²) in [6.07, 6.45) is 21.0. The Morgan fingerprint density at radius 3 is 1.66 bits per heavy atom. The Bertz CT molecular complexity index is 1610. The molecule has 1 fully saturated rings. The van der Waals surface area contributed by atoms with Crippen molar-refractivity contribution in [3.63, 3.8) is 0 Å². The molecule has 5 rings (SSSR count). The molecule has 2 heterocycles. The highest BCUT2D eigenvalue weighted by molar-refractivity contribution is 5.63. The average Bonchev–Trinajstić information content (AvgIpc) is 3.70. The molecular weight excluding hydrogens is 657 g/mol. The Labute approximate surface area is 319 Å². The van der Waals surface area contributed by atoms with Crippen LogP contribution < -0.4 is 9.64 Å². The van der Waals surface area contributed by atoms with E-state index in [9.17, 15) is 0 Å². The van der Waals surface area contributed by atoms with Gasteiger partial charge in [0, 0.05) is 54.1 Å². The third-order valence-electron chi connectivity index (χ3n) is 10.0. The number of hydrogen-bond acceptors (Lipinski definition) is 7. The molecule has 0 N–H and O–H groups in total. The van der Waals surface area contributed by atoms with Gasteiger partial charge >= 0.3 is 0 Å². The van der Waals surface area contributed by atoms with Crippen LogP contribution in [0.5, 0.6) is 5.75 Å². The van der Waals surface area contributed by atoms with Crippen LogP contribution in [0, 0.1) is 11.8 Å². The minimum Gasteiger partial charge on any atom is -0.494 e. The van der Waals surface area contributed by atoms with E-state index < -0.39 is 0 Å². The van der Waals surface area contributed by atoms with E-state index in [1.807, 2.05) is 48.5 Å². The Balaban J connectivity index is 0.998. The number of nitrogens with zero attached hydrogens (tertiary/aromatic N) is 4. The van der Waals surface area contributed by atoms with Crippen molar-refractivity contribution in [2.75, 3.05) is 44.3 Å². The number of piperazine rings is 1. The van der Waals surface area contributed by atoms with Crippen molar-refractivity contribution in [3.05, 3.63) is 83.9 Å². The normalized spacial score (nSPS) is 13.2. The van der Waals surface area contributed by atoms with E-state index in [2.05, 4.69) is 70.1 Å². The molecule has 0 aliphatic carbocycles. The first-order valence-electron chi connectivity index (χ1n) is 20.6. The molecule has 0 spiro atoms. The third-order valence-corrected chi connectivity index (χ3v) is 10.0. The summed E-state index contributed by atoms with van der Waals surface area (Å²) in [7, 11) is 0. The van der Waals surface area contributed by atoms with E-state index in [4.69, 9.17) is 14.1 Å². The van der Waals surface area contributed by atoms with Crippen molar-refractivity contribution < 1.29 is 14.1 Å². The number of rotatable bonds is 23. The van der Waals surface area contributed by atoms with E-state index >= 15 is 0 Å². The monoisotopic (exact) mass is 718 g/mol. The van der Waals surface area contributed by atoms with Crippen LogP contribution in [0.25, 0.3) is 22.8 Å². The van der Waals surface area contributed by atoms with Crippen molar-refractivity contribution in [2.24, 2.45) is 0 Å². The van der Waals surface area contributed by atoms with Crippen molar-refractivity contribution in [3.8, 4) is 40.4 Å². The van der Waals surface area contributed by atoms with Gasteiger partial charge in [0.05, 0.1) is 13.2 Å². The van der Waals surface area contributed by atoms with Crippen molar-refractivity contribution >= 4 is 5.69 Å². The van der Waals surface area contributed by atoms with E-state index in [0.29, 0.717) is 11.7 Å². The molecular formula is C46H62N4O3. The minimum absolute atomic E-state index is 0.495. The second-order valence-corrected chi connectivity index (χ2v) is 14.4. The third kappa shape index (κ3) is 14.3. The predicted octanol–water partition coefficient (Wildman–Crippen LogP) is 11.5. The van der Waals surface area contributed by atoms with Crippen LogP contribution in [-0.2, 0) is 4.84 Å². The van der Waals surface area contributed by atoms with Gasteiger partial charge in [-0.15, -0.1) is 0 Å². The van der Waals surface area contributed by atoms with Crippen LogP contribution >= 0.6 is 0 Å². The maximum atomic E-state index is 6.06. The summed E-state index contributed by atoms with van der Waals surface area (Å²) in [6, 6.07) is 24.4. The number of hydroxylamine groups is 2. The Kier molecular flexibility index (Phi) is 17.8. The summed E-state index contributed by atoms with van der Waals surface area (Å²) >= 11 is 0. The number of unbranched alkanes of at least 4 members (excludes halogenated alkanes) is 14. The zero-order valence-corrected chi connectivity index (χ0v) is 32.5. The number of ether oxygens (including phenoxy) is 1. The molecule has 7 heteroatoms. The summed E-state index contributed by atoms with van der Waals surface area (Å²) in [5.74, 6) is 8.50. The zero-order valence-electron chi connectivity index (χ0n) is 32.5. The Morgan fingerprint density at radius 1 is 0.566 bits per heavy atom. The molecule has 0 saturated carbocycles. The van der Waals surface area contributed by atoms with E-state index in [0.717, 1.165) is 80.2 Å². The highest BCUT2D eigenvalue weighted by Crippen LogP contribution is 2.25. The van der Waals surface area contributed by atoms with Gasteiger partial charge in [0.25, 0.3) is 5.89 Å². The molecule has 1 saturated heterocycles. The van der Waals surface area contributed by atoms with E-state index in [1.54, 1.807) is 0 Å². The maximum Gasteiger partial charge on any atom is 0.258 e. The summed E-state index contributed by atoms with van der Waals surface area (Å²) in [4.78, 5) is 13.2. The van der Waals surface area contributed by atoms with E-state index in [-0.39, 0.29) is 0 Å². The summed E-state index contributed by atoms with van der Waals surface area (Å²) in [5, 5.41) is 6.41.